The molecule has 3 fully saturated rings. The van der Waals surface area contributed by atoms with E-state index in [0.29, 0.717) is 6.04 Å². The summed E-state index contributed by atoms with van der Waals surface area (Å²) in [6.45, 7) is 7.97. The zero-order valence-electron chi connectivity index (χ0n) is 15.0. The first kappa shape index (κ1) is 19.0. The second-order valence-electron chi connectivity index (χ2n) is 8.11. The number of benzene rings is 1. The fraction of sp³-hybridized carbons (Fsp3) is 0.714. The van der Waals surface area contributed by atoms with Crippen LogP contribution in [-0.4, -0.2) is 6.54 Å². The molecule has 0 amide bonds. The number of aryl methyl sites for hydroxylation is 1. The Morgan fingerprint density at radius 3 is 2.26 bits per heavy atom. The molecule has 1 aromatic rings. The van der Waals surface area contributed by atoms with Gasteiger partial charge in [-0.2, -0.15) is 29.8 Å². The quantitative estimate of drug-likeness (QED) is 0.678. The summed E-state index contributed by atoms with van der Waals surface area (Å²) in [5.41, 5.74) is 2.56. The Kier molecular flexibility index (Phi) is 7.21. The smallest absolute Gasteiger partial charge is 0.0121 e. The van der Waals surface area contributed by atoms with Crippen molar-refractivity contribution in [1.82, 2.24) is 5.32 Å². The summed E-state index contributed by atoms with van der Waals surface area (Å²) < 4.78 is 0. The van der Waals surface area contributed by atoms with Crippen LogP contribution >= 0.6 is 0 Å². The maximum atomic E-state index is 3.52. The van der Waals surface area contributed by atoms with Gasteiger partial charge in [0.1, 0.15) is 0 Å². The van der Waals surface area contributed by atoms with E-state index in [2.05, 4.69) is 50.4 Å². The first-order valence-corrected chi connectivity index (χ1v) is 9.34. The Balaban J connectivity index is 0.000000169. The molecule has 4 atom stereocenters. The second kappa shape index (κ2) is 8.70. The topological polar surface area (TPSA) is 12.0 Å². The minimum Gasteiger partial charge on any atom is -0.312 e. The molecule has 2 aliphatic carbocycles. The summed E-state index contributed by atoms with van der Waals surface area (Å²) in [7, 11) is 0. The van der Waals surface area contributed by atoms with E-state index in [-0.39, 0.29) is 17.4 Å². The van der Waals surface area contributed by atoms with Gasteiger partial charge in [0.15, 0.2) is 0 Å². The predicted molar refractivity (Wildman–Crippen MR) is 93.8 cm³/mol. The molecular formula is C21H32CrN-. The molecule has 128 valence electrons. The van der Waals surface area contributed by atoms with Crippen LogP contribution in [0.4, 0.5) is 0 Å². The van der Waals surface area contributed by atoms with Gasteiger partial charge >= 0.3 is 0 Å². The Hall–Kier alpha value is -0.288. The third kappa shape index (κ3) is 5.09. The van der Waals surface area contributed by atoms with Crippen LogP contribution in [0.1, 0.15) is 69.5 Å². The molecule has 1 N–H and O–H groups in total. The van der Waals surface area contributed by atoms with E-state index in [1.165, 1.54) is 30.4 Å². The minimum atomic E-state index is 0. The summed E-state index contributed by atoms with van der Waals surface area (Å²) >= 11 is 0. The van der Waals surface area contributed by atoms with E-state index >= 15 is 0 Å². The fourth-order valence-corrected chi connectivity index (χ4v) is 4.88. The molecule has 2 heteroatoms. The van der Waals surface area contributed by atoms with Gasteiger partial charge in [0.05, 0.1) is 0 Å². The molecule has 1 nitrogen and oxygen atoms in total. The second-order valence-corrected chi connectivity index (χ2v) is 8.11. The zero-order chi connectivity index (χ0) is 15.5. The first-order valence-electron chi connectivity index (χ1n) is 9.34. The van der Waals surface area contributed by atoms with Crippen molar-refractivity contribution in [3.63, 3.8) is 0 Å². The van der Waals surface area contributed by atoms with E-state index in [9.17, 15) is 0 Å². The Bertz CT molecular complexity index is 474. The van der Waals surface area contributed by atoms with Crippen LogP contribution in [0.15, 0.2) is 18.2 Å². The number of fused-ring (bicyclic) bond motifs is 2. The predicted octanol–water partition coefficient (Wildman–Crippen LogP) is 5.30. The van der Waals surface area contributed by atoms with E-state index in [1.807, 2.05) is 0 Å². The van der Waals surface area contributed by atoms with Crippen molar-refractivity contribution in [1.29, 1.82) is 0 Å². The Morgan fingerprint density at radius 1 is 1.00 bits per heavy atom. The molecule has 1 aromatic carbocycles. The molecular weight excluding hydrogens is 318 g/mol. The van der Waals surface area contributed by atoms with Gasteiger partial charge in [-0.05, 0) is 55.9 Å². The van der Waals surface area contributed by atoms with Gasteiger partial charge in [0, 0.05) is 23.4 Å². The van der Waals surface area contributed by atoms with Crippen molar-refractivity contribution in [3.8, 4) is 0 Å². The van der Waals surface area contributed by atoms with Gasteiger partial charge < -0.3 is 5.32 Å². The summed E-state index contributed by atoms with van der Waals surface area (Å²) in [5.74, 6) is 4.08. The third-order valence-electron chi connectivity index (χ3n) is 5.95. The molecule has 2 bridgehead atoms. The van der Waals surface area contributed by atoms with E-state index in [4.69, 9.17) is 0 Å². The molecule has 0 spiro atoms. The average Bonchev–Trinajstić information content (AvgIpc) is 3.05. The summed E-state index contributed by atoms with van der Waals surface area (Å²) in [6, 6.07) is 10.3. The van der Waals surface area contributed by atoms with E-state index in [0.717, 1.165) is 30.2 Å². The Morgan fingerprint density at radius 2 is 1.70 bits per heavy atom. The molecule has 1 saturated heterocycles. The van der Waals surface area contributed by atoms with Crippen LogP contribution < -0.4 is 5.32 Å². The van der Waals surface area contributed by atoms with Gasteiger partial charge in [0.2, 0.25) is 0 Å². The van der Waals surface area contributed by atoms with Crippen LogP contribution in [0.5, 0.6) is 0 Å². The summed E-state index contributed by atoms with van der Waals surface area (Å²) in [5, 5.41) is 3.52. The van der Waals surface area contributed by atoms with Crippen LogP contribution in [0, 0.1) is 36.7 Å². The number of nitrogens with one attached hydrogen (secondary N) is 1. The summed E-state index contributed by atoms with van der Waals surface area (Å²) in [6.07, 6.45) is 9.04. The van der Waals surface area contributed by atoms with Gasteiger partial charge in [-0.25, -0.2) is 0 Å². The average molecular weight is 350 g/mol. The monoisotopic (exact) mass is 350 g/mol. The molecule has 1 aliphatic heterocycles. The molecule has 0 aromatic heterocycles. The molecule has 4 rings (SSSR count). The number of hydrogen-bond acceptors (Lipinski definition) is 1. The molecule has 23 heavy (non-hydrogen) atoms. The van der Waals surface area contributed by atoms with E-state index < -0.39 is 0 Å². The maximum absolute atomic E-state index is 3.52. The zero-order valence-corrected chi connectivity index (χ0v) is 16.3. The van der Waals surface area contributed by atoms with Crippen molar-refractivity contribution < 1.29 is 17.4 Å². The van der Waals surface area contributed by atoms with Crippen LogP contribution in [0.2, 0.25) is 0 Å². The summed E-state index contributed by atoms with van der Waals surface area (Å²) in [4.78, 5) is 0. The first-order chi connectivity index (χ1) is 10.6. The Labute approximate surface area is 153 Å². The minimum absolute atomic E-state index is 0. The van der Waals surface area contributed by atoms with E-state index in [1.54, 1.807) is 19.3 Å². The SMILES string of the molecule is CC1CC2CCC(C1)C2.Cc1[c-]c([C@H]2NCC[C@H]2C)ccc1.[Cr]. The molecule has 2 saturated carbocycles. The van der Waals surface area contributed by atoms with Gasteiger partial charge in [-0.3, -0.25) is 0 Å². The molecule has 2 unspecified atom stereocenters. The van der Waals surface area contributed by atoms with Gasteiger partial charge in [0.25, 0.3) is 0 Å². The van der Waals surface area contributed by atoms with Crippen molar-refractivity contribution in [2.75, 3.05) is 6.54 Å². The molecule has 3 aliphatic rings. The molecule has 1 heterocycles. The number of hydrogen-bond donors (Lipinski definition) is 1. The normalized spacial score (nSPS) is 35.2. The largest absolute Gasteiger partial charge is 0.312 e. The van der Waals surface area contributed by atoms with Crippen molar-refractivity contribution in [2.24, 2.45) is 23.7 Å². The molecule has 0 radical (unpaired) electrons. The van der Waals surface area contributed by atoms with Crippen molar-refractivity contribution >= 4 is 0 Å². The van der Waals surface area contributed by atoms with Crippen molar-refractivity contribution in [2.45, 2.75) is 65.3 Å². The van der Waals surface area contributed by atoms with Crippen molar-refractivity contribution in [3.05, 3.63) is 35.4 Å². The third-order valence-corrected chi connectivity index (χ3v) is 5.95. The van der Waals surface area contributed by atoms with Crippen LogP contribution in [-0.2, 0) is 17.4 Å². The maximum Gasteiger partial charge on any atom is 0.0121 e. The van der Waals surface area contributed by atoms with Crippen LogP contribution in [0.25, 0.3) is 0 Å². The fourth-order valence-electron chi connectivity index (χ4n) is 4.88. The van der Waals surface area contributed by atoms with Crippen LogP contribution in [0.3, 0.4) is 0 Å². The number of rotatable bonds is 1. The van der Waals surface area contributed by atoms with Gasteiger partial charge in [-0.1, -0.05) is 33.6 Å². The standard InChI is InChI=1S/C12H16N.C9H16.Cr/c1-9-4-3-5-11(8-9)12-10(2)6-7-13-12;1-7-4-8-2-3-9(5-7)6-8;/h3-5,10,12-13H,6-7H2,1-2H3;7-9H,2-6H2,1H3;/q-1;;/t10-,12+;;/m1../s1. The van der Waals surface area contributed by atoms with Gasteiger partial charge in [-0.15, -0.1) is 5.56 Å².